The van der Waals surface area contributed by atoms with Crippen LogP contribution in [0.3, 0.4) is 0 Å². The zero-order valence-electron chi connectivity index (χ0n) is 13.3. The Hall–Kier alpha value is -2.08. The molecule has 2 heteroatoms. The zero-order valence-corrected chi connectivity index (χ0v) is 13.3. The van der Waals surface area contributed by atoms with E-state index in [1.54, 1.807) is 0 Å². The van der Waals surface area contributed by atoms with Crippen LogP contribution in [-0.2, 0) is 6.42 Å². The predicted molar refractivity (Wildman–Crippen MR) is 94.1 cm³/mol. The lowest BCUT2D eigenvalue weighted by Crippen LogP contribution is -2.40. The molecule has 3 rings (SSSR count). The lowest BCUT2D eigenvalue weighted by Gasteiger charge is -2.20. The summed E-state index contributed by atoms with van der Waals surface area (Å²) >= 11 is 0. The van der Waals surface area contributed by atoms with Gasteiger partial charge in [0.25, 0.3) is 0 Å². The van der Waals surface area contributed by atoms with Crippen molar-refractivity contribution in [3.8, 4) is 11.8 Å². The summed E-state index contributed by atoms with van der Waals surface area (Å²) in [6.07, 6.45) is 3.59. The Bertz CT molecular complexity index is 696. The first-order valence-electron chi connectivity index (χ1n) is 8.21. The Kier molecular flexibility index (Phi) is 4.81. The molecule has 0 aliphatic heterocycles. The van der Waals surface area contributed by atoms with Gasteiger partial charge in [-0.05, 0) is 48.4 Å². The minimum atomic E-state index is -0.390. The van der Waals surface area contributed by atoms with Crippen LogP contribution < -0.4 is 5.73 Å². The molecule has 0 amide bonds. The summed E-state index contributed by atoms with van der Waals surface area (Å²) in [6.45, 7) is 0.0759. The van der Waals surface area contributed by atoms with Gasteiger partial charge < -0.3 is 10.8 Å². The second-order valence-corrected chi connectivity index (χ2v) is 6.55. The van der Waals surface area contributed by atoms with Crippen molar-refractivity contribution in [1.29, 1.82) is 0 Å². The van der Waals surface area contributed by atoms with Crippen molar-refractivity contribution in [3.63, 3.8) is 0 Å². The Morgan fingerprint density at radius 3 is 2.48 bits per heavy atom. The van der Waals surface area contributed by atoms with Crippen molar-refractivity contribution >= 4 is 0 Å². The zero-order chi connectivity index (χ0) is 16.1. The third kappa shape index (κ3) is 4.01. The Morgan fingerprint density at radius 1 is 1.09 bits per heavy atom. The molecule has 0 saturated heterocycles. The third-order valence-corrected chi connectivity index (χ3v) is 4.71. The summed E-state index contributed by atoms with van der Waals surface area (Å²) in [5.74, 6) is 6.91. The van der Waals surface area contributed by atoms with E-state index in [0.29, 0.717) is 5.92 Å². The van der Waals surface area contributed by atoms with Crippen molar-refractivity contribution in [3.05, 3.63) is 71.3 Å². The van der Waals surface area contributed by atoms with Gasteiger partial charge in [0.15, 0.2) is 0 Å². The maximum atomic E-state index is 9.38. The second kappa shape index (κ2) is 7.00. The van der Waals surface area contributed by atoms with E-state index in [1.807, 2.05) is 18.2 Å². The first-order valence-corrected chi connectivity index (χ1v) is 8.21. The molecule has 2 aromatic rings. The molecule has 2 aromatic carbocycles. The Balaban J connectivity index is 1.62. The number of nitrogens with two attached hydrogens (primary N) is 1. The maximum absolute atomic E-state index is 9.38. The van der Waals surface area contributed by atoms with E-state index in [9.17, 15) is 5.11 Å². The summed E-state index contributed by atoms with van der Waals surface area (Å²) < 4.78 is 0. The summed E-state index contributed by atoms with van der Waals surface area (Å²) in [4.78, 5) is 0. The quantitative estimate of drug-likeness (QED) is 0.855. The van der Waals surface area contributed by atoms with Gasteiger partial charge in [0.1, 0.15) is 0 Å². The van der Waals surface area contributed by atoms with Gasteiger partial charge in [-0.25, -0.2) is 0 Å². The molecule has 2 atom stereocenters. The molecule has 1 aliphatic carbocycles. The molecular weight excluding hydrogens is 282 g/mol. The highest BCUT2D eigenvalue weighted by atomic mass is 16.3. The Labute approximate surface area is 138 Å². The minimum absolute atomic E-state index is 0.0759. The van der Waals surface area contributed by atoms with Gasteiger partial charge in [-0.2, -0.15) is 0 Å². The second-order valence-electron chi connectivity index (χ2n) is 6.55. The van der Waals surface area contributed by atoms with Gasteiger partial charge in [0.2, 0.25) is 0 Å². The molecule has 0 unspecified atom stereocenters. The van der Waals surface area contributed by atoms with Crippen LogP contribution in [0.4, 0.5) is 0 Å². The van der Waals surface area contributed by atoms with Crippen LogP contribution in [0.1, 0.15) is 41.9 Å². The van der Waals surface area contributed by atoms with Gasteiger partial charge in [-0.3, -0.25) is 0 Å². The van der Waals surface area contributed by atoms with Gasteiger partial charge >= 0.3 is 0 Å². The van der Waals surface area contributed by atoms with Crippen LogP contribution in [0.5, 0.6) is 0 Å². The summed E-state index contributed by atoms with van der Waals surface area (Å²) in [5.41, 5.74) is 9.37. The van der Waals surface area contributed by atoms with E-state index >= 15 is 0 Å². The molecule has 0 spiro atoms. The number of benzene rings is 2. The SMILES string of the molecule is N[C@]1(CO)CC[C@@H](c2ccc(C#CCc3ccccc3)cc2)C1. The fraction of sp³-hybridized carbons (Fsp3) is 0.333. The lowest BCUT2D eigenvalue weighted by atomic mass is 9.93. The average Bonchev–Trinajstić information content (AvgIpc) is 3.00. The van der Waals surface area contributed by atoms with Crippen LogP contribution in [0, 0.1) is 11.8 Å². The average molecular weight is 305 g/mol. The van der Waals surface area contributed by atoms with Crippen molar-refractivity contribution in [2.75, 3.05) is 6.61 Å². The third-order valence-electron chi connectivity index (χ3n) is 4.71. The molecule has 1 aliphatic rings. The number of aliphatic hydroxyl groups excluding tert-OH is 1. The topological polar surface area (TPSA) is 46.2 Å². The number of aliphatic hydroxyl groups is 1. The van der Waals surface area contributed by atoms with Crippen LogP contribution in [-0.4, -0.2) is 17.3 Å². The van der Waals surface area contributed by atoms with E-state index in [-0.39, 0.29) is 6.61 Å². The van der Waals surface area contributed by atoms with Crippen LogP contribution in [0.15, 0.2) is 54.6 Å². The normalized spacial score (nSPS) is 23.3. The van der Waals surface area contributed by atoms with E-state index in [2.05, 4.69) is 48.2 Å². The fourth-order valence-corrected chi connectivity index (χ4v) is 3.27. The molecule has 1 saturated carbocycles. The minimum Gasteiger partial charge on any atom is -0.394 e. The highest BCUT2D eigenvalue weighted by molar-refractivity contribution is 5.38. The molecule has 2 nitrogen and oxygen atoms in total. The molecule has 0 bridgehead atoms. The first kappa shape index (κ1) is 15.8. The molecule has 0 aromatic heterocycles. The van der Waals surface area contributed by atoms with E-state index < -0.39 is 5.54 Å². The van der Waals surface area contributed by atoms with Gasteiger partial charge in [-0.15, -0.1) is 0 Å². The van der Waals surface area contributed by atoms with Crippen LogP contribution >= 0.6 is 0 Å². The number of rotatable bonds is 3. The van der Waals surface area contributed by atoms with Crippen molar-refractivity contribution < 1.29 is 5.11 Å². The van der Waals surface area contributed by atoms with E-state index in [1.165, 1.54) is 11.1 Å². The molecule has 3 N–H and O–H groups in total. The maximum Gasteiger partial charge on any atom is 0.0611 e. The molecule has 118 valence electrons. The predicted octanol–water partition coefficient (Wildman–Crippen LogP) is 3.24. The number of hydrogen-bond acceptors (Lipinski definition) is 2. The first-order chi connectivity index (χ1) is 11.2. The molecular formula is C21H23NO. The summed E-state index contributed by atoms with van der Waals surface area (Å²) in [7, 11) is 0. The molecule has 23 heavy (non-hydrogen) atoms. The van der Waals surface area contributed by atoms with Crippen LogP contribution in [0.2, 0.25) is 0 Å². The standard InChI is InChI=1S/C21H23NO/c22-21(16-23)14-13-20(15-21)19-11-9-18(10-12-19)8-4-7-17-5-2-1-3-6-17/h1-3,5-6,9-12,20,23H,7,13-16,22H2/t20-,21-/m1/s1. The molecule has 0 radical (unpaired) electrons. The van der Waals surface area contributed by atoms with Crippen molar-refractivity contribution in [1.82, 2.24) is 0 Å². The number of hydrogen-bond donors (Lipinski definition) is 2. The fourth-order valence-electron chi connectivity index (χ4n) is 3.27. The molecule has 0 heterocycles. The molecule has 1 fully saturated rings. The smallest absolute Gasteiger partial charge is 0.0611 e. The van der Waals surface area contributed by atoms with Crippen molar-refractivity contribution in [2.24, 2.45) is 5.73 Å². The Morgan fingerprint density at radius 2 is 1.83 bits per heavy atom. The highest BCUT2D eigenvalue weighted by Gasteiger charge is 2.35. The van der Waals surface area contributed by atoms with Gasteiger partial charge in [0, 0.05) is 17.5 Å². The van der Waals surface area contributed by atoms with Gasteiger partial charge in [0.05, 0.1) is 6.61 Å². The van der Waals surface area contributed by atoms with Crippen LogP contribution in [0.25, 0.3) is 0 Å². The van der Waals surface area contributed by atoms with E-state index in [4.69, 9.17) is 5.73 Å². The summed E-state index contributed by atoms with van der Waals surface area (Å²) in [6, 6.07) is 18.8. The van der Waals surface area contributed by atoms with Gasteiger partial charge in [-0.1, -0.05) is 54.3 Å². The largest absolute Gasteiger partial charge is 0.394 e. The lowest BCUT2D eigenvalue weighted by molar-refractivity contribution is 0.198. The highest BCUT2D eigenvalue weighted by Crippen LogP contribution is 2.39. The summed E-state index contributed by atoms with van der Waals surface area (Å²) in [5, 5.41) is 9.38. The monoisotopic (exact) mass is 305 g/mol. The van der Waals surface area contributed by atoms with Crippen molar-refractivity contribution in [2.45, 2.75) is 37.1 Å². The van der Waals surface area contributed by atoms with E-state index in [0.717, 1.165) is 31.2 Å².